The molecule has 108 valence electrons. The van der Waals surface area contributed by atoms with Crippen LogP contribution in [-0.4, -0.2) is 10.8 Å². The molecule has 0 aliphatic heterocycles. The highest BCUT2D eigenvalue weighted by atomic mass is 16.5. The summed E-state index contributed by atoms with van der Waals surface area (Å²) in [7, 11) is 0. The van der Waals surface area contributed by atoms with E-state index in [9.17, 15) is 4.79 Å². The normalized spacial score (nSPS) is 10.2. The van der Waals surface area contributed by atoms with E-state index in [-0.39, 0.29) is 5.78 Å². The molecule has 0 N–H and O–H groups in total. The van der Waals surface area contributed by atoms with Crippen molar-refractivity contribution in [3.8, 4) is 11.6 Å². The van der Waals surface area contributed by atoms with Crippen LogP contribution in [0, 0.1) is 6.92 Å². The van der Waals surface area contributed by atoms with Gasteiger partial charge in [0.1, 0.15) is 5.75 Å². The van der Waals surface area contributed by atoms with Crippen molar-refractivity contribution in [3.05, 3.63) is 89.6 Å². The zero-order valence-corrected chi connectivity index (χ0v) is 12.2. The third-order valence-electron chi connectivity index (χ3n) is 3.31. The van der Waals surface area contributed by atoms with Crippen LogP contribution in [0.2, 0.25) is 0 Å². The number of rotatable bonds is 4. The number of carbonyl (C=O) groups excluding carboxylic acids is 1. The Morgan fingerprint density at radius 3 is 2.14 bits per heavy atom. The molecule has 3 aromatic rings. The molecule has 0 unspecified atom stereocenters. The number of benzene rings is 2. The second kappa shape index (κ2) is 6.22. The van der Waals surface area contributed by atoms with E-state index in [4.69, 9.17) is 4.74 Å². The molecular weight excluding hydrogens is 274 g/mol. The van der Waals surface area contributed by atoms with Gasteiger partial charge in [0, 0.05) is 17.2 Å². The highest BCUT2D eigenvalue weighted by Crippen LogP contribution is 2.21. The molecular formula is C19H15NO2. The number of hydrogen-bond donors (Lipinski definition) is 0. The molecule has 0 aliphatic rings. The van der Waals surface area contributed by atoms with Gasteiger partial charge in [-0.1, -0.05) is 48.5 Å². The average Bonchev–Trinajstić information content (AvgIpc) is 2.56. The van der Waals surface area contributed by atoms with E-state index in [2.05, 4.69) is 4.98 Å². The fourth-order valence-electron chi connectivity index (χ4n) is 2.19. The Labute approximate surface area is 129 Å². The van der Waals surface area contributed by atoms with Gasteiger partial charge in [0.2, 0.25) is 5.88 Å². The number of ether oxygens (including phenoxy) is 1. The molecule has 0 bridgehead atoms. The first kappa shape index (κ1) is 14.0. The number of aromatic nitrogens is 1. The molecule has 3 rings (SSSR count). The van der Waals surface area contributed by atoms with E-state index in [1.165, 1.54) is 0 Å². The molecule has 0 saturated carbocycles. The van der Waals surface area contributed by atoms with Gasteiger partial charge >= 0.3 is 0 Å². The van der Waals surface area contributed by atoms with Gasteiger partial charge in [0.15, 0.2) is 5.78 Å². The standard InChI is InChI=1S/C19H15NO2/c1-14-17(19(21)15-8-4-2-5-9-15)12-13-18(20-14)22-16-10-6-3-7-11-16/h2-13H,1H3. The predicted molar refractivity (Wildman–Crippen MR) is 85.4 cm³/mol. The molecule has 0 fully saturated rings. The topological polar surface area (TPSA) is 39.2 Å². The minimum atomic E-state index is -0.0307. The van der Waals surface area contributed by atoms with Crippen molar-refractivity contribution in [2.24, 2.45) is 0 Å². The molecule has 1 aromatic heterocycles. The first-order valence-electron chi connectivity index (χ1n) is 7.04. The molecule has 0 saturated heterocycles. The van der Waals surface area contributed by atoms with Gasteiger partial charge in [0.25, 0.3) is 0 Å². The molecule has 3 nitrogen and oxygen atoms in total. The number of ketones is 1. The zero-order chi connectivity index (χ0) is 15.4. The molecule has 0 atom stereocenters. The first-order valence-corrected chi connectivity index (χ1v) is 7.04. The van der Waals surface area contributed by atoms with Crippen molar-refractivity contribution >= 4 is 5.78 Å². The summed E-state index contributed by atoms with van der Waals surface area (Å²) in [5.41, 5.74) is 1.90. The number of carbonyl (C=O) groups is 1. The van der Waals surface area contributed by atoms with E-state index in [0.717, 1.165) is 5.75 Å². The van der Waals surface area contributed by atoms with Gasteiger partial charge in [-0.25, -0.2) is 4.98 Å². The van der Waals surface area contributed by atoms with Gasteiger partial charge < -0.3 is 4.74 Å². The molecule has 2 aromatic carbocycles. The van der Waals surface area contributed by atoms with Gasteiger partial charge in [-0.15, -0.1) is 0 Å². The first-order chi connectivity index (χ1) is 10.7. The molecule has 0 amide bonds. The quantitative estimate of drug-likeness (QED) is 0.668. The minimum absolute atomic E-state index is 0.0307. The summed E-state index contributed by atoms with van der Waals surface area (Å²) >= 11 is 0. The minimum Gasteiger partial charge on any atom is -0.439 e. The lowest BCUT2D eigenvalue weighted by Crippen LogP contribution is -2.05. The van der Waals surface area contributed by atoms with Crippen LogP contribution in [0.1, 0.15) is 21.6 Å². The third kappa shape index (κ3) is 3.04. The Bertz CT molecular complexity index is 783. The maximum Gasteiger partial charge on any atom is 0.219 e. The van der Waals surface area contributed by atoms with Crippen molar-refractivity contribution in [2.45, 2.75) is 6.92 Å². The monoisotopic (exact) mass is 289 g/mol. The van der Waals surface area contributed by atoms with Crippen molar-refractivity contribution < 1.29 is 9.53 Å². The summed E-state index contributed by atoms with van der Waals surface area (Å²) in [5.74, 6) is 1.17. The fourth-order valence-corrected chi connectivity index (χ4v) is 2.19. The van der Waals surface area contributed by atoms with Crippen LogP contribution >= 0.6 is 0 Å². The van der Waals surface area contributed by atoms with E-state index in [1.807, 2.05) is 55.5 Å². The van der Waals surface area contributed by atoms with Crippen LogP contribution in [0.3, 0.4) is 0 Å². The van der Waals surface area contributed by atoms with Crippen LogP contribution in [-0.2, 0) is 0 Å². The Morgan fingerprint density at radius 1 is 0.864 bits per heavy atom. The van der Waals surface area contributed by atoms with Crippen LogP contribution in [0.4, 0.5) is 0 Å². The largest absolute Gasteiger partial charge is 0.439 e. The van der Waals surface area contributed by atoms with E-state index >= 15 is 0 Å². The molecule has 0 radical (unpaired) electrons. The van der Waals surface area contributed by atoms with Gasteiger partial charge in [-0.2, -0.15) is 0 Å². The zero-order valence-electron chi connectivity index (χ0n) is 12.2. The number of hydrogen-bond acceptors (Lipinski definition) is 3. The second-order valence-electron chi connectivity index (χ2n) is 4.89. The predicted octanol–water partition coefficient (Wildman–Crippen LogP) is 4.41. The molecule has 0 aliphatic carbocycles. The van der Waals surface area contributed by atoms with E-state index < -0.39 is 0 Å². The van der Waals surface area contributed by atoms with E-state index in [0.29, 0.717) is 22.7 Å². The van der Waals surface area contributed by atoms with Crippen LogP contribution in [0.25, 0.3) is 0 Å². The summed E-state index contributed by atoms with van der Waals surface area (Å²) in [6, 6.07) is 22.1. The van der Waals surface area contributed by atoms with E-state index in [1.54, 1.807) is 24.3 Å². The number of aryl methyl sites for hydroxylation is 1. The van der Waals surface area contributed by atoms with Crippen LogP contribution < -0.4 is 4.74 Å². The lowest BCUT2D eigenvalue weighted by Gasteiger charge is -2.08. The van der Waals surface area contributed by atoms with Crippen molar-refractivity contribution in [1.29, 1.82) is 0 Å². The molecule has 1 heterocycles. The third-order valence-corrected chi connectivity index (χ3v) is 3.31. The van der Waals surface area contributed by atoms with Crippen molar-refractivity contribution in [2.75, 3.05) is 0 Å². The Balaban J connectivity index is 1.85. The maximum absolute atomic E-state index is 12.5. The maximum atomic E-state index is 12.5. The highest BCUT2D eigenvalue weighted by Gasteiger charge is 2.13. The molecule has 3 heteroatoms. The summed E-state index contributed by atoms with van der Waals surface area (Å²) in [5, 5.41) is 0. The Kier molecular flexibility index (Phi) is 3.97. The summed E-state index contributed by atoms with van der Waals surface area (Å²) in [6.45, 7) is 1.81. The summed E-state index contributed by atoms with van der Waals surface area (Å²) < 4.78 is 5.68. The SMILES string of the molecule is Cc1nc(Oc2ccccc2)ccc1C(=O)c1ccccc1. The van der Waals surface area contributed by atoms with Gasteiger partial charge in [-0.3, -0.25) is 4.79 Å². The second-order valence-corrected chi connectivity index (χ2v) is 4.89. The molecule has 22 heavy (non-hydrogen) atoms. The average molecular weight is 289 g/mol. The van der Waals surface area contributed by atoms with Gasteiger partial charge in [0.05, 0.1) is 5.69 Å². The van der Waals surface area contributed by atoms with Crippen LogP contribution in [0.5, 0.6) is 11.6 Å². The Hall–Kier alpha value is -2.94. The van der Waals surface area contributed by atoms with Crippen molar-refractivity contribution in [1.82, 2.24) is 4.98 Å². The number of nitrogens with zero attached hydrogens (tertiary/aromatic N) is 1. The van der Waals surface area contributed by atoms with Crippen molar-refractivity contribution in [3.63, 3.8) is 0 Å². The lowest BCUT2D eigenvalue weighted by atomic mass is 10.0. The lowest BCUT2D eigenvalue weighted by molar-refractivity contribution is 0.103. The fraction of sp³-hybridized carbons (Fsp3) is 0.0526. The highest BCUT2D eigenvalue weighted by molar-refractivity contribution is 6.09. The smallest absolute Gasteiger partial charge is 0.219 e. The number of para-hydroxylation sites is 1. The number of pyridine rings is 1. The van der Waals surface area contributed by atoms with Crippen LogP contribution in [0.15, 0.2) is 72.8 Å². The van der Waals surface area contributed by atoms with Gasteiger partial charge in [-0.05, 0) is 25.1 Å². The Morgan fingerprint density at radius 2 is 1.50 bits per heavy atom. The summed E-state index contributed by atoms with van der Waals surface area (Å²) in [4.78, 5) is 16.8. The summed E-state index contributed by atoms with van der Waals surface area (Å²) in [6.07, 6.45) is 0. The molecule has 0 spiro atoms.